The standard InChI is InChI=1S/C14H17N3O2/c1-18-9-3-4-12(19-2)10(7-9)13-14-11(5-6-15-13)16-8-17-14/h3-4,7-8,13,15H,5-6H2,1-2H3,(H,16,17)/t13-/m1/s1. The molecule has 5 nitrogen and oxygen atoms in total. The highest BCUT2D eigenvalue weighted by molar-refractivity contribution is 5.46. The highest BCUT2D eigenvalue weighted by Gasteiger charge is 2.26. The lowest BCUT2D eigenvalue weighted by atomic mass is 9.97. The van der Waals surface area contributed by atoms with Crippen LogP contribution in [-0.2, 0) is 6.42 Å². The van der Waals surface area contributed by atoms with Crippen molar-refractivity contribution in [1.82, 2.24) is 15.3 Å². The number of hydrogen-bond donors (Lipinski definition) is 2. The molecular weight excluding hydrogens is 242 g/mol. The van der Waals surface area contributed by atoms with Crippen molar-refractivity contribution in [2.45, 2.75) is 12.5 Å². The smallest absolute Gasteiger partial charge is 0.124 e. The van der Waals surface area contributed by atoms with E-state index in [1.807, 2.05) is 18.2 Å². The van der Waals surface area contributed by atoms with Crippen LogP contribution in [-0.4, -0.2) is 30.7 Å². The highest BCUT2D eigenvalue weighted by atomic mass is 16.5. The van der Waals surface area contributed by atoms with E-state index in [9.17, 15) is 0 Å². The number of methoxy groups -OCH3 is 2. The summed E-state index contributed by atoms with van der Waals surface area (Å²) in [6, 6.07) is 5.87. The van der Waals surface area contributed by atoms with Crippen molar-refractivity contribution in [3.8, 4) is 11.5 Å². The van der Waals surface area contributed by atoms with Crippen LogP contribution in [0.3, 0.4) is 0 Å². The number of hydrogen-bond acceptors (Lipinski definition) is 4. The predicted octanol–water partition coefficient (Wildman–Crippen LogP) is 1.66. The Morgan fingerprint density at radius 2 is 2.16 bits per heavy atom. The summed E-state index contributed by atoms with van der Waals surface area (Å²) in [5, 5.41) is 3.49. The van der Waals surface area contributed by atoms with Gasteiger partial charge in [0.05, 0.1) is 32.3 Å². The highest BCUT2D eigenvalue weighted by Crippen LogP contribution is 2.34. The van der Waals surface area contributed by atoms with E-state index < -0.39 is 0 Å². The van der Waals surface area contributed by atoms with Gasteiger partial charge in [-0.2, -0.15) is 0 Å². The van der Waals surface area contributed by atoms with E-state index in [4.69, 9.17) is 9.47 Å². The van der Waals surface area contributed by atoms with E-state index in [0.29, 0.717) is 0 Å². The Kier molecular flexibility index (Phi) is 3.13. The quantitative estimate of drug-likeness (QED) is 0.880. The van der Waals surface area contributed by atoms with Crippen LogP contribution >= 0.6 is 0 Å². The molecule has 0 saturated carbocycles. The molecule has 0 aliphatic carbocycles. The van der Waals surface area contributed by atoms with Crippen LogP contribution in [0, 0.1) is 0 Å². The zero-order chi connectivity index (χ0) is 13.2. The maximum atomic E-state index is 5.46. The van der Waals surface area contributed by atoms with Crippen LogP contribution in [0.2, 0.25) is 0 Å². The molecule has 2 heterocycles. The van der Waals surface area contributed by atoms with Crippen molar-refractivity contribution < 1.29 is 9.47 Å². The summed E-state index contributed by atoms with van der Waals surface area (Å²) >= 11 is 0. The molecule has 19 heavy (non-hydrogen) atoms. The molecule has 1 aliphatic heterocycles. The second-order valence-electron chi connectivity index (χ2n) is 4.51. The minimum Gasteiger partial charge on any atom is -0.497 e. The summed E-state index contributed by atoms with van der Waals surface area (Å²) in [4.78, 5) is 7.63. The summed E-state index contributed by atoms with van der Waals surface area (Å²) in [5.41, 5.74) is 3.28. The van der Waals surface area contributed by atoms with Crippen LogP contribution < -0.4 is 14.8 Å². The van der Waals surface area contributed by atoms with E-state index in [-0.39, 0.29) is 6.04 Å². The average molecular weight is 259 g/mol. The third kappa shape index (κ3) is 2.06. The molecule has 1 atom stereocenters. The topological polar surface area (TPSA) is 59.2 Å². The molecule has 3 rings (SSSR count). The number of fused-ring (bicyclic) bond motifs is 1. The van der Waals surface area contributed by atoms with Gasteiger partial charge in [-0.05, 0) is 18.2 Å². The number of aromatic nitrogens is 2. The normalized spacial score (nSPS) is 17.9. The summed E-state index contributed by atoms with van der Waals surface area (Å²) in [7, 11) is 3.35. The van der Waals surface area contributed by atoms with E-state index in [1.54, 1.807) is 20.5 Å². The van der Waals surface area contributed by atoms with E-state index in [0.717, 1.165) is 35.7 Å². The van der Waals surface area contributed by atoms with Crippen molar-refractivity contribution >= 4 is 0 Å². The molecule has 0 bridgehead atoms. The molecule has 0 spiro atoms. The fourth-order valence-electron chi connectivity index (χ4n) is 2.54. The largest absolute Gasteiger partial charge is 0.497 e. The fourth-order valence-corrected chi connectivity index (χ4v) is 2.54. The molecule has 1 aromatic carbocycles. The monoisotopic (exact) mass is 259 g/mol. The van der Waals surface area contributed by atoms with Gasteiger partial charge < -0.3 is 19.8 Å². The van der Waals surface area contributed by atoms with E-state index >= 15 is 0 Å². The van der Waals surface area contributed by atoms with Crippen LogP contribution in [0.15, 0.2) is 24.5 Å². The molecule has 1 aliphatic rings. The first-order chi connectivity index (χ1) is 9.33. The van der Waals surface area contributed by atoms with Gasteiger partial charge >= 0.3 is 0 Å². The molecule has 100 valence electrons. The third-order valence-electron chi connectivity index (χ3n) is 3.50. The molecule has 5 heteroatoms. The lowest BCUT2D eigenvalue weighted by molar-refractivity contribution is 0.392. The first-order valence-corrected chi connectivity index (χ1v) is 6.31. The first kappa shape index (κ1) is 12.0. The molecule has 1 aromatic heterocycles. The molecule has 0 radical (unpaired) electrons. The Morgan fingerprint density at radius 1 is 1.26 bits per heavy atom. The van der Waals surface area contributed by atoms with Crippen molar-refractivity contribution in [2.24, 2.45) is 0 Å². The summed E-state index contributed by atoms with van der Waals surface area (Å²) < 4.78 is 10.8. The Balaban J connectivity index is 2.07. The van der Waals surface area contributed by atoms with Gasteiger partial charge in [-0.3, -0.25) is 0 Å². The fraction of sp³-hybridized carbons (Fsp3) is 0.357. The first-order valence-electron chi connectivity index (χ1n) is 6.31. The second kappa shape index (κ2) is 4.93. The second-order valence-corrected chi connectivity index (χ2v) is 4.51. The molecule has 0 fully saturated rings. The Labute approximate surface area is 112 Å². The van der Waals surface area contributed by atoms with Gasteiger partial charge in [-0.25, -0.2) is 4.98 Å². The van der Waals surface area contributed by atoms with Crippen molar-refractivity contribution in [3.05, 3.63) is 41.5 Å². The minimum atomic E-state index is 0.0417. The van der Waals surface area contributed by atoms with Crippen molar-refractivity contribution in [2.75, 3.05) is 20.8 Å². The van der Waals surface area contributed by atoms with Crippen LogP contribution in [0.25, 0.3) is 0 Å². The maximum Gasteiger partial charge on any atom is 0.124 e. The SMILES string of the molecule is COc1ccc(OC)c([C@H]2NCCc3[nH]cnc32)c1. The number of ether oxygens (including phenoxy) is 2. The molecule has 0 saturated heterocycles. The molecular formula is C14H17N3O2. The van der Waals surface area contributed by atoms with Gasteiger partial charge in [0, 0.05) is 24.2 Å². The predicted molar refractivity (Wildman–Crippen MR) is 71.7 cm³/mol. The lowest BCUT2D eigenvalue weighted by Gasteiger charge is -2.25. The maximum absolute atomic E-state index is 5.46. The lowest BCUT2D eigenvalue weighted by Crippen LogP contribution is -2.31. The van der Waals surface area contributed by atoms with E-state index in [1.165, 1.54) is 5.69 Å². The van der Waals surface area contributed by atoms with E-state index in [2.05, 4.69) is 15.3 Å². The summed E-state index contributed by atoms with van der Waals surface area (Å²) in [6.07, 6.45) is 2.72. The Hall–Kier alpha value is -2.01. The van der Waals surface area contributed by atoms with Crippen molar-refractivity contribution in [3.63, 3.8) is 0 Å². The zero-order valence-corrected chi connectivity index (χ0v) is 11.1. The number of H-pyrrole nitrogens is 1. The Morgan fingerprint density at radius 3 is 2.95 bits per heavy atom. The number of benzene rings is 1. The van der Waals surface area contributed by atoms with Crippen molar-refractivity contribution in [1.29, 1.82) is 0 Å². The third-order valence-corrected chi connectivity index (χ3v) is 3.50. The summed E-state index contributed by atoms with van der Waals surface area (Å²) in [6.45, 7) is 0.917. The number of nitrogens with zero attached hydrogens (tertiary/aromatic N) is 1. The van der Waals surface area contributed by atoms with Gasteiger partial charge in [0.25, 0.3) is 0 Å². The molecule has 0 amide bonds. The summed E-state index contributed by atoms with van der Waals surface area (Å²) in [5.74, 6) is 1.66. The molecule has 0 unspecified atom stereocenters. The van der Waals surface area contributed by atoms with Gasteiger partial charge in [0.2, 0.25) is 0 Å². The number of nitrogens with one attached hydrogen (secondary N) is 2. The Bertz CT molecular complexity index is 580. The molecule has 2 N–H and O–H groups in total. The minimum absolute atomic E-state index is 0.0417. The van der Waals surface area contributed by atoms with Crippen LogP contribution in [0.4, 0.5) is 0 Å². The van der Waals surface area contributed by atoms with Gasteiger partial charge in [-0.15, -0.1) is 0 Å². The number of aromatic amines is 1. The van der Waals surface area contributed by atoms with Gasteiger partial charge in [0.15, 0.2) is 0 Å². The van der Waals surface area contributed by atoms with Crippen LogP contribution in [0.1, 0.15) is 23.0 Å². The zero-order valence-electron chi connectivity index (χ0n) is 11.1. The van der Waals surface area contributed by atoms with Gasteiger partial charge in [0.1, 0.15) is 11.5 Å². The number of imidazole rings is 1. The van der Waals surface area contributed by atoms with Crippen LogP contribution in [0.5, 0.6) is 11.5 Å². The molecule has 2 aromatic rings. The number of rotatable bonds is 3. The van der Waals surface area contributed by atoms with Gasteiger partial charge in [-0.1, -0.05) is 0 Å². The average Bonchev–Trinajstić information content (AvgIpc) is 2.94.